The molecule has 0 saturated carbocycles. The van der Waals surface area contributed by atoms with E-state index >= 15 is 0 Å². The summed E-state index contributed by atoms with van der Waals surface area (Å²) in [6, 6.07) is 0. The number of hydrogen-bond donors (Lipinski definition) is 0. The molecule has 0 aliphatic rings. The van der Waals surface area contributed by atoms with E-state index in [9.17, 15) is 8.42 Å². The Labute approximate surface area is 121 Å². The average molecular weight is 316 g/mol. The molecule has 0 spiro atoms. The van der Waals surface area contributed by atoms with Gasteiger partial charge in [-0.25, -0.2) is 13.4 Å². The number of aromatic nitrogens is 4. The van der Waals surface area contributed by atoms with Gasteiger partial charge in [-0.2, -0.15) is 0 Å². The molecule has 20 heavy (non-hydrogen) atoms. The Hall–Kier alpha value is -1.32. The summed E-state index contributed by atoms with van der Waals surface area (Å²) in [5.74, 6) is -0.212. The Bertz CT molecular complexity index is 663. The van der Waals surface area contributed by atoms with Crippen LogP contribution in [0.15, 0.2) is 11.6 Å². The quantitative estimate of drug-likeness (QED) is 0.758. The van der Waals surface area contributed by atoms with E-state index in [1.807, 2.05) is 6.92 Å². The summed E-state index contributed by atoms with van der Waals surface area (Å²) in [6.45, 7) is 2.98. The van der Waals surface area contributed by atoms with E-state index in [1.54, 1.807) is 23.4 Å². The first-order valence-corrected chi connectivity index (χ1v) is 8.74. The van der Waals surface area contributed by atoms with E-state index in [0.29, 0.717) is 24.5 Å². The molecule has 0 unspecified atom stereocenters. The van der Waals surface area contributed by atoms with Crippen molar-refractivity contribution in [2.24, 2.45) is 0 Å². The summed E-state index contributed by atoms with van der Waals surface area (Å²) in [5, 5.41) is 10.2. The Kier molecular flexibility index (Phi) is 4.84. The van der Waals surface area contributed by atoms with Gasteiger partial charge in [0.1, 0.15) is 5.01 Å². The topological polar surface area (TPSA) is 87.0 Å². The van der Waals surface area contributed by atoms with Gasteiger partial charge >= 0.3 is 0 Å². The molecule has 2 aromatic heterocycles. The SMILES string of the molecule is CCn1cc(CS(=O)(=O)Cc2csc(COC)n2)nn1. The molecule has 0 fully saturated rings. The molecular formula is C11H16N4O3S2. The molecule has 2 heterocycles. The minimum absolute atomic E-state index is 0.0911. The van der Waals surface area contributed by atoms with Gasteiger partial charge in [-0.3, -0.25) is 4.68 Å². The lowest BCUT2D eigenvalue weighted by Gasteiger charge is -1.99. The van der Waals surface area contributed by atoms with E-state index in [-0.39, 0.29) is 11.5 Å². The summed E-state index contributed by atoms with van der Waals surface area (Å²) in [7, 11) is -1.72. The van der Waals surface area contributed by atoms with Crippen molar-refractivity contribution >= 4 is 21.2 Å². The summed E-state index contributed by atoms with van der Waals surface area (Å²) in [5.41, 5.74) is 1.00. The second-order valence-corrected chi connectivity index (χ2v) is 7.27. The molecular weight excluding hydrogens is 300 g/mol. The van der Waals surface area contributed by atoms with E-state index in [4.69, 9.17) is 4.74 Å². The normalized spacial score (nSPS) is 11.9. The van der Waals surface area contributed by atoms with Gasteiger partial charge in [0, 0.05) is 25.2 Å². The van der Waals surface area contributed by atoms with Crippen molar-refractivity contribution < 1.29 is 13.2 Å². The Morgan fingerprint density at radius 3 is 2.75 bits per heavy atom. The molecule has 2 aromatic rings. The molecule has 0 aromatic carbocycles. The highest BCUT2D eigenvalue weighted by atomic mass is 32.2. The van der Waals surface area contributed by atoms with Gasteiger partial charge in [0.15, 0.2) is 9.84 Å². The Balaban J connectivity index is 2.02. The first kappa shape index (κ1) is 15.1. The number of aryl methyl sites for hydroxylation is 1. The van der Waals surface area contributed by atoms with Crippen LogP contribution in [0.2, 0.25) is 0 Å². The van der Waals surface area contributed by atoms with Crippen LogP contribution in [0.3, 0.4) is 0 Å². The van der Waals surface area contributed by atoms with Crippen LogP contribution in [0.25, 0.3) is 0 Å². The molecule has 110 valence electrons. The maximum absolute atomic E-state index is 12.1. The number of nitrogens with zero attached hydrogens (tertiary/aromatic N) is 4. The predicted octanol–water partition coefficient (Wildman–Crippen LogP) is 1.02. The highest BCUT2D eigenvalue weighted by Gasteiger charge is 2.17. The fourth-order valence-electron chi connectivity index (χ4n) is 1.67. The van der Waals surface area contributed by atoms with Crippen molar-refractivity contribution in [3.63, 3.8) is 0 Å². The van der Waals surface area contributed by atoms with Crippen LogP contribution < -0.4 is 0 Å². The maximum Gasteiger partial charge on any atom is 0.161 e. The largest absolute Gasteiger partial charge is 0.378 e. The van der Waals surface area contributed by atoms with Crippen LogP contribution in [0.5, 0.6) is 0 Å². The number of rotatable bonds is 7. The fourth-order valence-corrected chi connectivity index (χ4v) is 3.82. The van der Waals surface area contributed by atoms with Crippen LogP contribution >= 0.6 is 11.3 Å². The number of thiazole rings is 1. The summed E-state index contributed by atoms with van der Waals surface area (Å²) in [4.78, 5) is 4.22. The van der Waals surface area contributed by atoms with Gasteiger partial charge in [-0.05, 0) is 6.92 Å². The number of sulfone groups is 1. The Morgan fingerprint density at radius 2 is 2.10 bits per heavy atom. The molecule has 0 saturated heterocycles. The van der Waals surface area contributed by atoms with Crippen molar-refractivity contribution in [2.75, 3.05) is 7.11 Å². The Morgan fingerprint density at radius 1 is 1.35 bits per heavy atom. The lowest BCUT2D eigenvalue weighted by Crippen LogP contribution is -2.08. The molecule has 0 radical (unpaired) electrons. The van der Waals surface area contributed by atoms with Crippen molar-refractivity contribution in [2.45, 2.75) is 31.6 Å². The highest BCUT2D eigenvalue weighted by Crippen LogP contribution is 2.15. The van der Waals surface area contributed by atoms with E-state index < -0.39 is 9.84 Å². The van der Waals surface area contributed by atoms with Crippen LogP contribution in [0, 0.1) is 0 Å². The molecule has 9 heteroatoms. The standard InChI is InChI=1S/C11H16N4O3S2/c1-3-15-4-9(13-14-15)7-20(16,17)8-10-6-19-11(12-10)5-18-2/h4,6H,3,5,7-8H2,1-2H3. The number of hydrogen-bond acceptors (Lipinski definition) is 7. The van der Waals surface area contributed by atoms with Crippen molar-refractivity contribution in [1.29, 1.82) is 0 Å². The summed E-state index contributed by atoms with van der Waals surface area (Å²) < 4.78 is 30.7. The highest BCUT2D eigenvalue weighted by molar-refractivity contribution is 7.89. The predicted molar refractivity (Wildman–Crippen MR) is 74.9 cm³/mol. The fraction of sp³-hybridized carbons (Fsp3) is 0.545. The molecule has 0 aliphatic heterocycles. The lowest BCUT2D eigenvalue weighted by atomic mass is 10.5. The van der Waals surface area contributed by atoms with Crippen LogP contribution in [-0.2, 0) is 39.2 Å². The third-order valence-electron chi connectivity index (χ3n) is 2.51. The smallest absolute Gasteiger partial charge is 0.161 e. The molecule has 0 aliphatic carbocycles. The van der Waals surface area contributed by atoms with Gasteiger partial charge < -0.3 is 4.74 Å². The second kappa shape index (κ2) is 6.42. The van der Waals surface area contributed by atoms with Crippen LogP contribution in [-0.4, -0.2) is 35.5 Å². The van der Waals surface area contributed by atoms with Gasteiger partial charge in [-0.15, -0.1) is 16.4 Å². The van der Waals surface area contributed by atoms with E-state index in [2.05, 4.69) is 15.3 Å². The minimum Gasteiger partial charge on any atom is -0.378 e. The third kappa shape index (κ3) is 4.09. The van der Waals surface area contributed by atoms with Gasteiger partial charge in [0.25, 0.3) is 0 Å². The molecule has 0 N–H and O–H groups in total. The van der Waals surface area contributed by atoms with Gasteiger partial charge in [0.2, 0.25) is 0 Å². The summed E-state index contributed by atoms with van der Waals surface area (Å²) >= 11 is 1.40. The van der Waals surface area contributed by atoms with Crippen molar-refractivity contribution in [3.05, 3.63) is 28.0 Å². The molecule has 7 nitrogen and oxygen atoms in total. The zero-order valence-electron chi connectivity index (χ0n) is 11.3. The van der Waals surface area contributed by atoms with Gasteiger partial charge in [-0.1, -0.05) is 5.21 Å². The molecule has 0 amide bonds. The first-order chi connectivity index (χ1) is 9.52. The molecule has 0 bridgehead atoms. The first-order valence-electron chi connectivity index (χ1n) is 6.04. The maximum atomic E-state index is 12.1. The zero-order valence-corrected chi connectivity index (χ0v) is 12.9. The molecule has 0 atom stereocenters. The third-order valence-corrected chi connectivity index (χ3v) is 4.86. The summed E-state index contributed by atoms with van der Waals surface area (Å²) in [6.07, 6.45) is 1.65. The minimum atomic E-state index is -3.30. The average Bonchev–Trinajstić information content (AvgIpc) is 2.98. The lowest BCUT2D eigenvalue weighted by molar-refractivity contribution is 0.184. The number of ether oxygens (including phenoxy) is 1. The number of methoxy groups -OCH3 is 1. The van der Waals surface area contributed by atoms with Crippen LogP contribution in [0.4, 0.5) is 0 Å². The zero-order chi connectivity index (χ0) is 14.6. The van der Waals surface area contributed by atoms with E-state index in [0.717, 1.165) is 5.01 Å². The monoisotopic (exact) mass is 316 g/mol. The second-order valence-electron chi connectivity index (χ2n) is 4.26. The van der Waals surface area contributed by atoms with Crippen molar-refractivity contribution in [1.82, 2.24) is 20.0 Å². The van der Waals surface area contributed by atoms with Gasteiger partial charge in [0.05, 0.1) is 29.5 Å². The van der Waals surface area contributed by atoms with E-state index in [1.165, 1.54) is 11.3 Å². The molecule has 2 rings (SSSR count). The van der Waals surface area contributed by atoms with Crippen LogP contribution in [0.1, 0.15) is 23.3 Å². The van der Waals surface area contributed by atoms with Crippen molar-refractivity contribution in [3.8, 4) is 0 Å².